The molecule has 20 heavy (non-hydrogen) atoms. The molecule has 1 aromatic rings. The minimum absolute atomic E-state index is 0.0899. The van der Waals surface area contributed by atoms with E-state index in [1.807, 2.05) is 0 Å². The minimum atomic E-state index is -0.144. The fraction of sp³-hybridized carbons (Fsp3) is 0.533. The van der Waals surface area contributed by atoms with Crippen LogP contribution in [0.25, 0.3) is 0 Å². The maximum atomic E-state index is 11.7. The number of ether oxygens (including phenoxy) is 1. The summed E-state index contributed by atoms with van der Waals surface area (Å²) in [5.74, 6) is 0.536. The van der Waals surface area contributed by atoms with Crippen LogP contribution in [-0.4, -0.2) is 32.2 Å². The maximum Gasteiger partial charge on any atom is 0.250 e. The fourth-order valence-electron chi connectivity index (χ4n) is 2.35. The molecule has 0 bridgehead atoms. The molecule has 1 aliphatic heterocycles. The van der Waals surface area contributed by atoms with Crippen molar-refractivity contribution in [2.45, 2.75) is 19.3 Å². The van der Waals surface area contributed by atoms with E-state index in [9.17, 15) is 4.79 Å². The second-order valence-electron chi connectivity index (χ2n) is 5.11. The van der Waals surface area contributed by atoms with Crippen LogP contribution in [0, 0.1) is 5.92 Å². The van der Waals surface area contributed by atoms with E-state index in [1.54, 1.807) is 24.3 Å². The van der Waals surface area contributed by atoms with Crippen molar-refractivity contribution < 1.29 is 9.53 Å². The van der Waals surface area contributed by atoms with Gasteiger partial charge in [-0.05, 0) is 56.5 Å². The quantitative estimate of drug-likeness (QED) is 0.794. The molecule has 1 heterocycles. The predicted molar refractivity (Wildman–Crippen MR) is 81.1 cm³/mol. The Hall–Kier alpha value is -1.10. The molecule has 1 unspecified atom stereocenters. The molecule has 0 radical (unpaired) electrons. The summed E-state index contributed by atoms with van der Waals surface area (Å²) < 4.78 is 5.43. The lowest BCUT2D eigenvalue weighted by atomic mass is 9.97. The van der Waals surface area contributed by atoms with Gasteiger partial charge in [0.25, 0.3) is 0 Å². The minimum Gasteiger partial charge on any atom is -0.372 e. The van der Waals surface area contributed by atoms with Crippen LogP contribution >= 0.6 is 11.6 Å². The van der Waals surface area contributed by atoms with Crippen molar-refractivity contribution in [2.75, 3.05) is 31.6 Å². The molecular weight excluding hydrogens is 276 g/mol. The molecule has 0 aromatic heterocycles. The van der Waals surface area contributed by atoms with E-state index in [0.29, 0.717) is 23.2 Å². The average Bonchev–Trinajstić information content (AvgIpc) is 2.45. The summed E-state index contributed by atoms with van der Waals surface area (Å²) in [4.78, 5) is 11.7. The Labute approximate surface area is 124 Å². The number of piperidine rings is 1. The Kier molecular flexibility index (Phi) is 6.30. The Bertz CT molecular complexity index is 434. The highest BCUT2D eigenvalue weighted by Gasteiger charge is 2.12. The molecule has 0 spiro atoms. The van der Waals surface area contributed by atoms with E-state index in [0.717, 1.165) is 19.5 Å². The van der Waals surface area contributed by atoms with Gasteiger partial charge in [-0.2, -0.15) is 0 Å². The number of nitrogens with one attached hydrogen (secondary N) is 2. The first kappa shape index (κ1) is 15.3. The van der Waals surface area contributed by atoms with Crippen LogP contribution in [0.4, 0.5) is 5.69 Å². The molecule has 0 saturated carbocycles. The molecule has 5 heteroatoms. The molecule has 1 aliphatic rings. The van der Waals surface area contributed by atoms with Gasteiger partial charge in [0.05, 0.1) is 0 Å². The van der Waals surface area contributed by atoms with Gasteiger partial charge in [0.1, 0.15) is 6.61 Å². The van der Waals surface area contributed by atoms with Gasteiger partial charge in [-0.3, -0.25) is 4.79 Å². The topological polar surface area (TPSA) is 50.4 Å². The molecule has 2 N–H and O–H groups in total. The summed E-state index contributed by atoms with van der Waals surface area (Å²) in [6.45, 7) is 2.92. The molecule has 1 aromatic carbocycles. The third kappa shape index (κ3) is 5.49. The molecule has 110 valence electrons. The van der Waals surface area contributed by atoms with Gasteiger partial charge in [-0.25, -0.2) is 0 Å². The van der Waals surface area contributed by atoms with Crippen LogP contribution < -0.4 is 10.6 Å². The van der Waals surface area contributed by atoms with E-state index in [2.05, 4.69) is 10.6 Å². The highest BCUT2D eigenvalue weighted by Crippen LogP contribution is 2.15. The number of halogens is 1. The third-order valence-corrected chi connectivity index (χ3v) is 3.65. The number of amides is 1. The van der Waals surface area contributed by atoms with Crippen molar-refractivity contribution >= 4 is 23.2 Å². The summed E-state index contributed by atoms with van der Waals surface area (Å²) in [7, 11) is 0. The Morgan fingerprint density at radius 3 is 3.15 bits per heavy atom. The van der Waals surface area contributed by atoms with E-state index < -0.39 is 0 Å². The molecule has 1 saturated heterocycles. The molecular formula is C15H21ClN2O2. The monoisotopic (exact) mass is 296 g/mol. The highest BCUT2D eigenvalue weighted by molar-refractivity contribution is 6.30. The summed E-state index contributed by atoms with van der Waals surface area (Å²) in [6, 6.07) is 7.09. The van der Waals surface area contributed by atoms with Gasteiger partial charge >= 0.3 is 0 Å². The van der Waals surface area contributed by atoms with E-state index >= 15 is 0 Å². The van der Waals surface area contributed by atoms with Crippen LogP contribution in [0.3, 0.4) is 0 Å². The van der Waals surface area contributed by atoms with Crippen LogP contribution in [-0.2, 0) is 9.53 Å². The number of hydrogen-bond donors (Lipinski definition) is 2. The smallest absolute Gasteiger partial charge is 0.250 e. The second kappa shape index (κ2) is 8.25. The zero-order valence-electron chi connectivity index (χ0n) is 11.5. The Morgan fingerprint density at radius 2 is 2.40 bits per heavy atom. The number of rotatable bonds is 6. The van der Waals surface area contributed by atoms with Gasteiger partial charge in [0, 0.05) is 17.3 Å². The van der Waals surface area contributed by atoms with Crippen LogP contribution in [0.1, 0.15) is 19.3 Å². The van der Waals surface area contributed by atoms with Crippen LogP contribution in [0.2, 0.25) is 5.02 Å². The van der Waals surface area contributed by atoms with Gasteiger partial charge in [0.15, 0.2) is 0 Å². The van der Waals surface area contributed by atoms with E-state index in [-0.39, 0.29) is 12.5 Å². The van der Waals surface area contributed by atoms with Gasteiger partial charge in [-0.1, -0.05) is 17.7 Å². The first-order valence-corrected chi connectivity index (χ1v) is 7.46. The predicted octanol–water partition coefficient (Wildman–Crippen LogP) is 2.68. The largest absolute Gasteiger partial charge is 0.372 e. The lowest BCUT2D eigenvalue weighted by Crippen LogP contribution is -2.30. The van der Waals surface area contributed by atoms with Crippen molar-refractivity contribution in [3.8, 4) is 0 Å². The SMILES string of the molecule is O=C(COCCC1CCCNC1)Nc1cccc(Cl)c1. The zero-order valence-corrected chi connectivity index (χ0v) is 12.3. The lowest BCUT2D eigenvalue weighted by molar-refractivity contribution is -0.120. The second-order valence-corrected chi connectivity index (χ2v) is 5.55. The normalized spacial score (nSPS) is 18.8. The number of carbonyl (C=O) groups excluding carboxylic acids is 1. The number of benzene rings is 1. The standard InChI is InChI=1S/C15H21ClN2O2/c16-13-4-1-5-14(9-13)18-15(19)11-20-8-6-12-3-2-7-17-10-12/h1,4-5,9,12,17H,2-3,6-8,10-11H2,(H,18,19). The summed E-state index contributed by atoms with van der Waals surface area (Å²) >= 11 is 5.85. The van der Waals surface area contributed by atoms with Gasteiger partial charge in [-0.15, -0.1) is 0 Å². The van der Waals surface area contributed by atoms with Gasteiger partial charge < -0.3 is 15.4 Å². The number of hydrogen-bond acceptors (Lipinski definition) is 3. The number of anilines is 1. The fourth-order valence-corrected chi connectivity index (χ4v) is 2.54. The molecule has 1 atom stereocenters. The first-order valence-electron chi connectivity index (χ1n) is 7.08. The molecule has 2 rings (SSSR count). The van der Waals surface area contributed by atoms with E-state index in [4.69, 9.17) is 16.3 Å². The van der Waals surface area contributed by atoms with E-state index in [1.165, 1.54) is 12.8 Å². The number of carbonyl (C=O) groups is 1. The summed E-state index contributed by atoms with van der Waals surface area (Å²) in [5, 5.41) is 6.74. The highest BCUT2D eigenvalue weighted by atomic mass is 35.5. The Balaban J connectivity index is 1.60. The van der Waals surface area contributed by atoms with Crippen LogP contribution in [0.15, 0.2) is 24.3 Å². The lowest BCUT2D eigenvalue weighted by Gasteiger charge is -2.22. The van der Waals surface area contributed by atoms with Crippen molar-refractivity contribution in [3.05, 3.63) is 29.3 Å². The first-order chi connectivity index (χ1) is 9.74. The Morgan fingerprint density at radius 1 is 1.50 bits per heavy atom. The van der Waals surface area contributed by atoms with Gasteiger partial charge in [0.2, 0.25) is 5.91 Å². The maximum absolute atomic E-state index is 11.7. The molecule has 1 amide bonds. The summed E-state index contributed by atoms with van der Waals surface area (Å²) in [5.41, 5.74) is 0.697. The average molecular weight is 297 g/mol. The third-order valence-electron chi connectivity index (χ3n) is 3.41. The van der Waals surface area contributed by atoms with Crippen LogP contribution in [0.5, 0.6) is 0 Å². The van der Waals surface area contributed by atoms with Crippen molar-refractivity contribution in [3.63, 3.8) is 0 Å². The van der Waals surface area contributed by atoms with Crippen molar-refractivity contribution in [1.82, 2.24) is 5.32 Å². The van der Waals surface area contributed by atoms with Crippen molar-refractivity contribution in [2.24, 2.45) is 5.92 Å². The summed E-state index contributed by atoms with van der Waals surface area (Å²) in [6.07, 6.45) is 3.50. The molecule has 1 fully saturated rings. The molecule has 0 aliphatic carbocycles. The van der Waals surface area contributed by atoms with Crippen molar-refractivity contribution in [1.29, 1.82) is 0 Å². The molecule has 4 nitrogen and oxygen atoms in total. The zero-order chi connectivity index (χ0) is 14.2.